The first-order valence-electron chi connectivity index (χ1n) is 14.2. The van der Waals surface area contributed by atoms with Crippen LogP contribution in [0.5, 0.6) is 0 Å². The van der Waals surface area contributed by atoms with E-state index in [0.717, 1.165) is 78.0 Å². The van der Waals surface area contributed by atoms with E-state index in [9.17, 15) is 0 Å². The number of hydrogen-bond donors (Lipinski definition) is 0. The van der Waals surface area contributed by atoms with Crippen molar-refractivity contribution in [3.8, 4) is 56.0 Å². The van der Waals surface area contributed by atoms with Gasteiger partial charge in [0.25, 0.3) is 0 Å². The molecule has 0 amide bonds. The average Bonchev–Trinajstić information content (AvgIpc) is 3.70. The van der Waals surface area contributed by atoms with Crippen LogP contribution in [0.4, 0.5) is 0 Å². The van der Waals surface area contributed by atoms with Crippen molar-refractivity contribution in [1.29, 1.82) is 0 Å². The molecule has 0 saturated carbocycles. The number of rotatable bonds is 5. The van der Waals surface area contributed by atoms with Gasteiger partial charge in [-0.15, -0.1) is 0 Å². The van der Waals surface area contributed by atoms with E-state index in [2.05, 4.69) is 121 Å². The molecule has 2 aromatic heterocycles. The normalized spacial score (nSPS) is 11.3. The van der Waals surface area contributed by atoms with Gasteiger partial charge < -0.3 is 8.83 Å². The molecular weight excluding hydrogens is 512 g/mol. The average molecular weight is 539 g/mol. The Morgan fingerprint density at radius 3 is 0.857 bits per heavy atom. The summed E-state index contributed by atoms with van der Waals surface area (Å²) in [5.41, 5.74) is 10.8. The Morgan fingerprint density at radius 2 is 0.524 bits per heavy atom. The molecule has 0 bridgehead atoms. The van der Waals surface area contributed by atoms with Gasteiger partial charge >= 0.3 is 0 Å². The number of hydrogen-bond acceptors (Lipinski definition) is 2. The van der Waals surface area contributed by atoms with Gasteiger partial charge in [0.15, 0.2) is 0 Å². The largest absolute Gasteiger partial charge is 0.456 e. The maximum absolute atomic E-state index is 6.33. The van der Waals surface area contributed by atoms with Crippen LogP contribution in [0.3, 0.4) is 0 Å². The molecule has 0 saturated heterocycles. The second kappa shape index (κ2) is 10.1. The van der Waals surface area contributed by atoms with Crippen molar-refractivity contribution < 1.29 is 8.83 Å². The van der Waals surface area contributed by atoms with Crippen LogP contribution in [0, 0.1) is 0 Å². The summed E-state index contributed by atoms with van der Waals surface area (Å²) in [5.74, 6) is 1.73. The van der Waals surface area contributed by atoms with Crippen LogP contribution in [0.25, 0.3) is 78.0 Å². The smallest absolute Gasteiger partial charge is 0.136 e. The zero-order chi connectivity index (χ0) is 27.9. The first-order valence-corrected chi connectivity index (χ1v) is 14.2. The zero-order valence-electron chi connectivity index (χ0n) is 22.8. The van der Waals surface area contributed by atoms with Crippen LogP contribution in [0.15, 0.2) is 167 Å². The molecule has 0 unspecified atom stereocenters. The van der Waals surface area contributed by atoms with Crippen LogP contribution in [-0.2, 0) is 0 Å². The van der Waals surface area contributed by atoms with E-state index in [1.165, 1.54) is 0 Å². The van der Waals surface area contributed by atoms with Crippen LogP contribution < -0.4 is 0 Å². The highest BCUT2D eigenvalue weighted by Gasteiger charge is 2.19. The van der Waals surface area contributed by atoms with E-state index in [-0.39, 0.29) is 0 Å². The highest BCUT2D eigenvalue weighted by Crippen LogP contribution is 2.44. The molecule has 2 nitrogen and oxygen atoms in total. The van der Waals surface area contributed by atoms with Crippen molar-refractivity contribution in [3.05, 3.63) is 158 Å². The molecule has 2 heterocycles. The van der Waals surface area contributed by atoms with E-state index >= 15 is 0 Å². The maximum atomic E-state index is 6.33. The van der Waals surface area contributed by atoms with Gasteiger partial charge in [-0.3, -0.25) is 0 Å². The van der Waals surface area contributed by atoms with Crippen LogP contribution >= 0.6 is 0 Å². The fourth-order valence-corrected chi connectivity index (χ4v) is 6.00. The molecule has 2 heteroatoms. The number of fused-ring (bicyclic) bond motifs is 2. The summed E-state index contributed by atoms with van der Waals surface area (Å²) in [6.07, 6.45) is 0. The van der Waals surface area contributed by atoms with Crippen molar-refractivity contribution in [3.63, 3.8) is 0 Å². The predicted molar refractivity (Wildman–Crippen MR) is 173 cm³/mol. The summed E-state index contributed by atoms with van der Waals surface area (Å²) in [4.78, 5) is 0. The van der Waals surface area contributed by atoms with Gasteiger partial charge in [0.05, 0.1) is 0 Å². The van der Waals surface area contributed by atoms with E-state index in [4.69, 9.17) is 8.83 Å². The molecule has 198 valence electrons. The molecule has 6 aromatic carbocycles. The first-order chi connectivity index (χ1) is 20.8. The van der Waals surface area contributed by atoms with Gasteiger partial charge in [-0.2, -0.15) is 0 Å². The molecule has 0 aliphatic heterocycles. The Hall–Kier alpha value is -5.60. The van der Waals surface area contributed by atoms with E-state index < -0.39 is 0 Å². The third-order valence-electron chi connectivity index (χ3n) is 7.96. The fourth-order valence-electron chi connectivity index (χ4n) is 6.00. The lowest BCUT2D eigenvalue weighted by atomic mass is 9.86. The lowest BCUT2D eigenvalue weighted by Gasteiger charge is -2.17. The fraction of sp³-hybridized carbons (Fsp3) is 0. The number of para-hydroxylation sites is 2. The van der Waals surface area contributed by atoms with Gasteiger partial charge in [0.2, 0.25) is 0 Å². The lowest BCUT2D eigenvalue weighted by Crippen LogP contribution is -1.92. The Bertz CT molecular complexity index is 1990. The van der Waals surface area contributed by atoms with Crippen molar-refractivity contribution >= 4 is 21.9 Å². The summed E-state index contributed by atoms with van der Waals surface area (Å²) in [6, 6.07) is 54.9. The van der Waals surface area contributed by atoms with E-state index in [1.54, 1.807) is 0 Å². The Balaban J connectivity index is 1.31. The van der Waals surface area contributed by atoms with Gasteiger partial charge in [-0.25, -0.2) is 0 Å². The van der Waals surface area contributed by atoms with Gasteiger partial charge in [-0.1, -0.05) is 133 Å². The second-order valence-corrected chi connectivity index (χ2v) is 10.5. The molecule has 0 N–H and O–H groups in total. The highest BCUT2D eigenvalue weighted by molar-refractivity contribution is 5.98. The van der Waals surface area contributed by atoms with Crippen LogP contribution in [-0.4, -0.2) is 0 Å². The molecule has 0 aliphatic rings. The Kier molecular flexibility index (Phi) is 5.82. The van der Waals surface area contributed by atoms with Crippen molar-refractivity contribution in [1.82, 2.24) is 0 Å². The first kappa shape index (κ1) is 24.2. The van der Waals surface area contributed by atoms with Gasteiger partial charge in [0, 0.05) is 21.9 Å². The summed E-state index contributed by atoms with van der Waals surface area (Å²) >= 11 is 0. The van der Waals surface area contributed by atoms with Crippen molar-refractivity contribution in [2.24, 2.45) is 0 Å². The van der Waals surface area contributed by atoms with Crippen molar-refractivity contribution in [2.75, 3.05) is 0 Å². The lowest BCUT2D eigenvalue weighted by molar-refractivity contribution is 0.631. The molecule has 8 aromatic rings. The summed E-state index contributed by atoms with van der Waals surface area (Å²) in [5, 5.41) is 2.20. The minimum atomic E-state index is 0.866. The van der Waals surface area contributed by atoms with E-state index in [0.29, 0.717) is 0 Å². The maximum Gasteiger partial charge on any atom is 0.136 e. The second-order valence-electron chi connectivity index (χ2n) is 10.5. The SMILES string of the molecule is c1ccc(-c2ccccc2-c2ccccc2-c2ccccc2-c2cc3ccccc3o2)c(-c2cc3ccccc3o2)c1. The van der Waals surface area contributed by atoms with Crippen LogP contribution in [0.2, 0.25) is 0 Å². The molecular formula is C40H26O2. The molecule has 0 atom stereocenters. The standard InChI is InChI=1S/C40H26O2/c1-11-23-37-27(13-1)25-39(41-37)35-21-9-7-19-33(35)31-17-5-3-15-29(31)30-16-4-6-18-32(30)34-20-8-10-22-36(34)40-26-28-14-2-12-24-38(28)42-40/h1-26H. The molecule has 0 radical (unpaired) electrons. The van der Waals surface area contributed by atoms with E-state index in [1.807, 2.05) is 36.4 Å². The quantitative estimate of drug-likeness (QED) is 0.218. The third-order valence-corrected chi connectivity index (χ3v) is 7.96. The van der Waals surface area contributed by atoms with Gasteiger partial charge in [0.1, 0.15) is 22.7 Å². The zero-order valence-corrected chi connectivity index (χ0v) is 22.8. The molecule has 0 spiro atoms. The topological polar surface area (TPSA) is 26.3 Å². The predicted octanol–water partition coefficient (Wildman–Crippen LogP) is 11.5. The number of furan rings is 2. The third kappa shape index (κ3) is 4.13. The minimum absolute atomic E-state index is 0.866. The summed E-state index contributed by atoms with van der Waals surface area (Å²) in [6.45, 7) is 0. The summed E-state index contributed by atoms with van der Waals surface area (Å²) in [7, 11) is 0. The number of benzene rings is 6. The van der Waals surface area contributed by atoms with Gasteiger partial charge in [-0.05, 0) is 57.6 Å². The Morgan fingerprint density at radius 1 is 0.262 bits per heavy atom. The molecule has 0 fully saturated rings. The van der Waals surface area contributed by atoms with Crippen LogP contribution in [0.1, 0.15) is 0 Å². The van der Waals surface area contributed by atoms with Crippen molar-refractivity contribution in [2.45, 2.75) is 0 Å². The minimum Gasteiger partial charge on any atom is -0.456 e. The monoisotopic (exact) mass is 538 g/mol. The summed E-state index contributed by atoms with van der Waals surface area (Å²) < 4.78 is 12.7. The molecule has 8 rings (SSSR count). The molecule has 42 heavy (non-hydrogen) atoms. The highest BCUT2D eigenvalue weighted by atomic mass is 16.3. The molecule has 0 aliphatic carbocycles. The Labute approximate surface area is 244 Å².